The maximum Gasteiger partial charge on any atom is 0.389 e. The molecule has 1 saturated carbocycles. The molecule has 10 heteroatoms. The van der Waals surface area contributed by atoms with Crippen molar-refractivity contribution in [1.82, 2.24) is 25.2 Å². The van der Waals surface area contributed by atoms with Crippen LogP contribution in [-0.2, 0) is 6.54 Å². The van der Waals surface area contributed by atoms with Crippen molar-refractivity contribution in [2.24, 2.45) is 5.92 Å². The zero-order valence-corrected chi connectivity index (χ0v) is 13.1. The minimum Gasteiger partial charge on any atom is -0.358 e. The topological polar surface area (TPSA) is 129 Å². The Balaban J connectivity index is 1.53. The summed E-state index contributed by atoms with van der Waals surface area (Å²) in [5.41, 5.74) is 0. The summed E-state index contributed by atoms with van der Waals surface area (Å²) in [7, 11) is 0. The van der Waals surface area contributed by atoms with Crippen molar-refractivity contribution in [2.45, 2.75) is 38.6 Å². The fourth-order valence-electron chi connectivity index (χ4n) is 2.80. The molecule has 0 bridgehead atoms. The molecule has 1 fully saturated rings. The summed E-state index contributed by atoms with van der Waals surface area (Å²) in [4.78, 5) is 26.0. The maximum atomic E-state index is 12.0. The van der Waals surface area contributed by atoms with Crippen LogP contribution in [-0.4, -0.2) is 37.3 Å². The van der Waals surface area contributed by atoms with Crippen LogP contribution in [0.15, 0.2) is 16.8 Å². The highest BCUT2D eigenvalue weighted by molar-refractivity contribution is 5.89. The van der Waals surface area contributed by atoms with Crippen LogP contribution >= 0.6 is 0 Å². The van der Waals surface area contributed by atoms with Gasteiger partial charge in [-0.3, -0.25) is 4.79 Å². The van der Waals surface area contributed by atoms with Gasteiger partial charge in [-0.1, -0.05) is 24.4 Å². The Hall–Kier alpha value is -2.78. The highest BCUT2D eigenvalue weighted by atomic mass is 16.6. The van der Waals surface area contributed by atoms with Gasteiger partial charge in [0.25, 0.3) is 0 Å². The molecule has 128 valence electrons. The summed E-state index contributed by atoms with van der Waals surface area (Å²) >= 11 is 0. The van der Waals surface area contributed by atoms with Gasteiger partial charge < -0.3 is 20.0 Å². The molecule has 0 aliphatic heterocycles. The fraction of sp³-hybridized carbons (Fsp3) is 0.571. The predicted octanol–water partition coefficient (Wildman–Crippen LogP) is 1.53. The van der Waals surface area contributed by atoms with Crippen LogP contribution in [0.2, 0.25) is 0 Å². The lowest BCUT2D eigenvalue weighted by Gasteiger charge is -2.21. The smallest absolute Gasteiger partial charge is 0.358 e. The van der Waals surface area contributed by atoms with E-state index in [1.165, 1.54) is 36.2 Å². The minimum atomic E-state index is -0.586. The number of nitro groups is 1. The lowest BCUT2D eigenvalue weighted by molar-refractivity contribution is -0.389. The van der Waals surface area contributed by atoms with Crippen molar-refractivity contribution in [3.8, 4) is 0 Å². The van der Waals surface area contributed by atoms with Crippen molar-refractivity contribution in [1.29, 1.82) is 0 Å². The molecule has 0 radical (unpaired) electrons. The molecule has 2 aromatic rings. The first-order valence-electron chi connectivity index (χ1n) is 7.90. The molecule has 24 heavy (non-hydrogen) atoms. The second-order valence-corrected chi connectivity index (χ2v) is 5.86. The monoisotopic (exact) mass is 334 g/mol. The van der Waals surface area contributed by atoms with Crippen molar-refractivity contribution < 1.29 is 14.2 Å². The van der Waals surface area contributed by atoms with Gasteiger partial charge in [-0.25, -0.2) is 0 Å². The molecule has 0 spiro atoms. The van der Waals surface area contributed by atoms with Crippen LogP contribution in [0.3, 0.4) is 0 Å². The minimum absolute atomic E-state index is 0.0905. The molecule has 1 aliphatic carbocycles. The number of rotatable bonds is 6. The zero-order valence-electron chi connectivity index (χ0n) is 13.1. The molecular formula is C14H18N6O4. The highest BCUT2D eigenvalue weighted by Crippen LogP contribution is 2.22. The maximum absolute atomic E-state index is 12.0. The Kier molecular flexibility index (Phi) is 4.82. The van der Waals surface area contributed by atoms with Crippen LogP contribution in [0.1, 0.15) is 48.6 Å². The number of carbonyl (C=O) groups excluding carboxylic acids is 1. The number of nitrogens with zero attached hydrogens (tertiary/aromatic N) is 5. The second kappa shape index (κ2) is 7.20. The van der Waals surface area contributed by atoms with E-state index in [4.69, 9.17) is 4.52 Å². The predicted molar refractivity (Wildman–Crippen MR) is 81.2 cm³/mol. The Bertz CT molecular complexity index is 718. The third-order valence-corrected chi connectivity index (χ3v) is 4.06. The number of aromatic nitrogens is 4. The quantitative estimate of drug-likeness (QED) is 0.626. The van der Waals surface area contributed by atoms with E-state index in [9.17, 15) is 14.9 Å². The van der Waals surface area contributed by atoms with Gasteiger partial charge >= 0.3 is 17.6 Å². The van der Waals surface area contributed by atoms with Gasteiger partial charge in [0.05, 0.1) is 17.4 Å². The summed E-state index contributed by atoms with van der Waals surface area (Å²) in [6.45, 7) is 0.704. The number of hydrogen-bond acceptors (Lipinski definition) is 7. The zero-order chi connectivity index (χ0) is 16.9. The van der Waals surface area contributed by atoms with Gasteiger partial charge in [-0.05, 0) is 23.7 Å². The fourth-order valence-corrected chi connectivity index (χ4v) is 2.80. The summed E-state index contributed by atoms with van der Waals surface area (Å²) < 4.78 is 6.26. The molecule has 1 aliphatic rings. The third-order valence-electron chi connectivity index (χ3n) is 4.06. The number of carbonyl (C=O) groups is 1. The molecule has 1 amide bonds. The Morgan fingerprint density at radius 2 is 2.21 bits per heavy atom. The largest absolute Gasteiger partial charge is 0.389 e. The average Bonchev–Trinajstić information content (AvgIpc) is 3.24. The average molecular weight is 334 g/mol. The molecule has 10 nitrogen and oxygen atoms in total. The van der Waals surface area contributed by atoms with Gasteiger partial charge in [-0.2, -0.15) is 9.67 Å². The molecule has 2 heterocycles. The molecule has 0 atom stereocenters. The molecule has 0 aromatic carbocycles. The Morgan fingerprint density at radius 3 is 2.92 bits per heavy atom. The van der Waals surface area contributed by atoms with Crippen LogP contribution in [0, 0.1) is 16.0 Å². The first-order valence-corrected chi connectivity index (χ1v) is 7.90. The van der Waals surface area contributed by atoms with Gasteiger partial charge in [0, 0.05) is 6.54 Å². The molecule has 3 rings (SSSR count). The number of nitrogens with one attached hydrogen (secondary N) is 1. The van der Waals surface area contributed by atoms with Gasteiger partial charge in [0.15, 0.2) is 5.82 Å². The van der Waals surface area contributed by atoms with E-state index in [1.54, 1.807) is 0 Å². The molecule has 2 aromatic heterocycles. The van der Waals surface area contributed by atoms with Crippen molar-refractivity contribution >= 4 is 11.7 Å². The molecule has 1 N–H and O–H groups in total. The van der Waals surface area contributed by atoms with Crippen molar-refractivity contribution in [3.05, 3.63) is 34.1 Å². The van der Waals surface area contributed by atoms with E-state index in [1.807, 2.05) is 0 Å². The normalized spacial score (nSPS) is 15.3. The standard InChI is InChI=1S/C14H18N6O4/c21-13(15-8-10-4-2-1-3-5-10)14-16-11(18-24-14)9-19-7-6-12(17-19)20(22)23/h6-7,10H,1-5,8-9H2,(H,15,21). The van der Waals surface area contributed by atoms with E-state index >= 15 is 0 Å². The first kappa shape index (κ1) is 16.1. The summed E-state index contributed by atoms with van der Waals surface area (Å²) in [6, 6.07) is 1.28. The van der Waals surface area contributed by atoms with E-state index in [2.05, 4.69) is 20.6 Å². The van der Waals surface area contributed by atoms with E-state index < -0.39 is 10.8 Å². The Morgan fingerprint density at radius 1 is 1.42 bits per heavy atom. The van der Waals surface area contributed by atoms with Crippen molar-refractivity contribution in [3.63, 3.8) is 0 Å². The van der Waals surface area contributed by atoms with Gasteiger partial charge in [0.1, 0.15) is 6.54 Å². The van der Waals surface area contributed by atoms with E-state index in [-0.39, 0.29) is 24.1 Å². The van der Waals surface area contributed by atoms with E-state index in [0.717, 1.165) is 12.8 Å². The SMILES string of the molecule is O=C(NCC1CCCCC1)c1nc(Cn2ccc([N+](=O)[O-])n2)no1. The lowest BCUT2D eigenvalue weighted by atomic mass is 9.89. The first-order chi connectivity index (χ1) is 11.6. The second-order valence-electron chi connectivity index (χ2n) is 5.86. The van der Waals surface area contributed by atoms with Crippen LogP contribution in [0.5, 0.6) is 0 Å². The van der Waals surface area contributed by atoms with Crippen LogP contribution in [0.25, 0.3) is 0 Å². The van der Waals surface area contributed by atoms with E-state index in [0.29, 0.717) is 12.5 Å². The third kappa shape index (κ3) is 3.94. The molecule has 0 saturated heterocycles. The number of amides is 1. The van der Waals surface area contributed by atoms with Gasteiger partial charge in [0.2, 0.25) is 0 Å². The van der Waals surface area contributed by atoms with Crippen molar-refractivity contribution in [2.75, 3.05) is 6.54 Å². The number of hydrogen-bond donors (Lipinski definition) is 1. The summed E-state index contributed by atoms with van der Waals surface area (Å²) in [5.74, 6) is -0.0253. The molecular weight excluding hydrogens is 316 g/mol. The summed E-state index contributed by atoms with van der Waals surface area (Å²) in [5, 5.41) is 20.9. The Labute approximate surface area is 137 Å². The molecule has 0 unspecified atom stereocenters. The van der Waals surface area contributed by atoms with Crippen LogP contribution < -0.4 is 5.32 Å². The highest BCUT2D eigenvalue weighted by Gasteiger charge is 2.19. The summed E-state index contributed by atoms with van der Waals surface area (Å²) in [6.07, 6.45) is 7.39. The lowest BCUT2D eigenvalue weighted by Crippen LogP contribution is -2.30. The van der Waals surface area contributed by atoms with Gasteiger partial charge in [-0.15, -0.1) is 0 Å². The van der Waals surface area contributed by atoms with Crippen LogP contribution in [0.4, 0.5) is 5.82 Å².